The van der Waals surface area contributed by atoms with Crippen LogP contribution in [0.3, 0.4) is 0 Å². The maximum Gasteiger partial charge on any atom is 0.418 e. The second-order valence-corrected chi connectivity index (χ2v) is 5.78. The molecule has 1 unspecified atom stereocenters. The highest BCUT2D eigenvalue weighted by atomic mass is 32.1. The van der Waals surface area contributed by atoms with Crippen molar-refractivity contribution in [2.75, 3.05) is 11.1 Å². The molecule has 1 atom stereocenters. The van der Waals surface area contributed by atoms with Gasteiger partial charge in [0.15, 0.2) is 0 Å². The number of nitrogens with one attached hydrogen (secondary N) is 1. The first-order chi connectivity index (χ1) is 9.91. The van der Waals surface area contributed by atoms with Crippen LogP contribution in [-0.4, -0.2) is 0 Å². The van der Waals surface area contributed by atoms with Crippen LogP contribution in [0.1, 0.15) is 36.2 Å². The van der Waals surface area contributed by atoms with Gasteiger partial charge >= 0.3 is 6.18 Å². The highest BCUT2D eigenvalue weighted by Gasteiger charge is 2.33. The summed E-state index contributed by atoms with van der Waals surface area (Å²) in [6.07, 6.45) is -2.64. The lowest BCUT2D eigenvalue weighted by Gasteiger charge is -2.19. The summed E-state index contributed by atoms with van der Waals surface area (Å²) >= 11 is 1.59. The van der Waals surface area contributed by atoms with Gasteiger partial charge in [0.1, 0.15) is 0 Å². The number of hydrogen-bond acceptors (Lipinski definition) is 3. The molecule has 0 radical (unpaired) electrons. The van der Waals surface area contributed by atoms with Crippen molar-refractivity contribution in [1.29, 1.82) is 0 Å². The Bertz CT molecular complexity index is 579. The molecule has 6 heteroatoms. The Hall–Kier alpha value is -1.69. The number of benzene rings is 1. The molecule has 2 nitrogen and oxygen atoms in total. The molecular weight excluding hydrogens is 297 g/mol. The number of thiophene rings is 1. The maximum atomic E-state index is 12.9. The van der Waals surface area contributed by atoms with Gasteiger partial charge in [-0.3, -0.25) is 0 Å². The molecule has 0 amide bonds. The summed E-state index contributed by atoms with van der Waals surface area (Å²) < 4.78 is 38.6. The van der Waals surface area contributed by atoms with E-state index in [9.17, 15) is 13.2 Å². The SMILES string of the molecule is CCCC(Nc1ccc(N)c(C(F)(F)F)c1)c1cccs1. The number of halogens is 3. The summed E-state index contributed by atoms with van der Waals surface area (Å²) in [4.78, 5) is 1.11. The Morgan fingerprint density at radius 1 is 1.29 bits per heavy atom. The second kappa shape index (κ2) is 6.39. The molecule has 1 heterocycles. The van der Waals surface area contributed by atoms with Gasteiger partial charge < -0.3 is 11.1 Å². The van der Waals surface area contributed by atoms with Crippen LogP contribution in [0.2, 0.25) is 0 Å². The third-order valence-electron chi connectivity index (χ3n) is 3.16. The van der Waals surface area contributed by atoms with E-state index in [-0.39, 0.29) is 11.7 Å². The van der Waals surface area contributed by atoms with Gasteiger partial charge in [-0.1, -0.05) is 19.4 Å². The molecule has 0 fully saturated rings. The van der Waals surface area contributed by atoms with E-state index in [1.807, 2.05) is 24.4 Å². The van der Waals surface area contributed by atoms with E-state index in [4.69, 9.17) is 5.73 Å². The molecule has 2 rings (SSSR count). The first kappa shape index (κ1) is 15.7. The number of rotatable bonds is 5. The predicted octanol–water partition coefficient (Wildman–Crippen LogP) is 5.30. The monoisotopic (exact) mass is 314 g/mol. The van der Waals surface area contributed by atoms with Crippen molar-refractivity contribution in [1.82, 2.24) is 0 Å². The van der Waals surface area contributed by atoms with Crippen molar-refractivity contribution >= 4 is 22.7 Å². The summed E-state index contributed by atoms with van der Waals surface area (Å²) in [5.74, 6) is 0. The zero-order valence-electron chi connectivity index (χ0n) is 11.6. The maximum absolute atomic E-state index is 12.9. The van der Waals surface area contributed by atoms with Crippen LogP contribution in [0.25, 0.3) is 0 Å². The van der Waals surface area contributed by atoms with Gasteiger partial charge in [0.2, 0.25) is 0 Å². The van der Waals surface area contributed by atoms with Crippen LogP contribution < -0.4 is 11.1 Å². The highest BCUT2D eigenvalue weighted by Crippen LogP contribution is 2.36. The lowest BCUT2D eigenvalue weighted by atomic mass is 10.1. The number of nitrogens with two attached hydrogens (primary N) is 1. The summed E-state index contributed by atoms with van der Waals surface area (Å²) in [6.45, 7) is 2.05. The molecule has 0 saturated heterocycles. The van der Waals surface area contributed by atoms with Crippen molar-refractivity contribution in [2.45, 2.75) is 32.0 Å². The first-order valence-corrected chi connectivity index (χ1v) is 7.56. The Balaban J connectivity index is 2.25. The molecule has 3 N–H and O–H groups in total. The first-order valence-electron chi connectivity index (χ1n) is 6.68. The Kier molecular flexibility index (Phi) is 4.77. The summed E-state index contributed by atoms with van der Waals surface area (Å²) in [5.41, 5.74) is 4.80. The van der Waals surface area contributed by atoms with E-state index in [0.29, 0.717) is 5.69 Å². The van der Waals surface area contributed by atoms with Crippen LogP contribution in [0.15, 0.2) is 35.7 Å². The number of anilines is 2. The van der Waals surface area contributed by atoms with Crippen molar-refractivity contribution in [3.8, 4) is 0 Å². The van der Waals surface area contributed by atoms with Gasteiger partial charge in [-0.15, -0.1) is 11.3 Å². The number of alkyl halides is 3. The van der Waals surface area contributed by atoms with E-state index in [2.05, 4.69) is 5.32 Å². The van der Waals surface area contributed by atoms with E-state index in [1.165, 1.54) is 6.07 Å². The lowest BCUT2D eigenvalue weighted by molar-refractivity contribution is -0.136. The van der Waals surface area contributed by atoms with E-state index < -0.39 is 11.7 Å². The molecule has 0 aliphatic carbocycles. The van der Waals surface area contributed by atoms with E-state index >= 15 is 0 Å². The van der Waals surface area contributed by atoms with Crippen molar-refractivity contribution < 1.29 is 13.2 Å². The Morgan fingerprint density at radius 3 is 2.62 bits per heavy atom. The number of nitrogen functional groups attached to an aromatic ring is 1. The fourth-order valence-electron chi connectivity index (χ4n) is 2.16. The fourth-order valence-corrected chi connectivity index (χ4v) is 2.97. The lowest BCUT2D eigenvalue weighted by Crippen LogP contribution is -2.12. The van der Waals surface area contributed by atoms with Gasteiger partial charge in [-0.2, -0.15) is 13.2 Å². The standard InChI is InChI=1S/C15H17F3N2S/c1-2-4-13(14-5-3-8-21-14)20-10-6-7-12(19)11(9-10)15(16,17)18/h3,5-9,13,20H,2,4,19H2,1H3. The minimum absolute atomic E-state index is 0.0136. The Morgan fingerprint density at radius 2 is 2.05 bits per heavy atom. The molecule has 0 aliphatic rings. The summed E-state index contributed by atoms with van der Waals surface area (Å²) in [6, 6.07) is 7.89. The minimum Gasteiger partial charge on any atom is -0.398 e. The molecule has 1 aromatic carbocycles. The molecule has 0 spiro atoms. The quantitative estimate of drug-likeness (QED) is 0.735. The molecular formula is C15H17F3N2S. The van der Waals surface area contributed by atoms with Crippen LogP contribution in [0.4, 0.5) is 24.5 Å². The normalized spacial score (nSPS) is 13.1. The molecule has 1 aromatic heterocycles. The zero-order valence-corrected chi connectivity index (χ0v) is 12.4. The largest absolute Gasteiger partial charge is 0.418 e. The molecule has 2 aromatic rings. The second-order valence-electron chi connectivity index (χ2n) is 4.80. The minimum atomic E-state index is -4.44. The van der Waals surface area contributed by atoms with Crippen LogP contribution in [0, 0.1) is 0 Å². The summed E-state index contributed by atoms with van der Waals surface area (Å²) in [5, 5.41) is 5.14. The van der Waals surface area contributed by atoms with Gasteiger partial charge in [0.05, 0.1) is 11.6 Å². The van der Waals surface area contributed by atoms with Gasteiger partial charge in [0, 0.05) is 16.3 Å². The van der Waals surface area contributed by atoms with Gasteiger partial charge in [-0.25, -0.2) is 0 Å². The average molecular weight is 314 g/mol. The van der Waals surface area contributed by atoms with Crippen LogP contribution in [0.5, 0.6) is 0 Å². The average Bonchev–Trinajstić information content (AvgIpc) is 2.93. The molecule has 0 aliphatic heterocycles. The third kappa shape index (κ3) is 3.91. The van der Waals surface area contributed by atoms with E-state index in [0.717, 1.165) is 23.8 Å². The molecule has 21 heavy (non-hydrogen) atoms. The molecule has 114 valence electrons. The number of hydrogen-bond donors (Lipinski definition) is 2. The van der Waals surface area contributed by atoms with Crippen LogP contribution in [-0.2, 0) is 6.18 Å². The smallest absolute Gasteiger partial charge is 0.398 e. The van der Waals surface area contributed by atoms with E-state index in [1.54, 1.807) is 17.4 Å². The third-order valence-corrected chi connectivity index (χ3v) is 4.15. The van der Waals surface area contributed by atoms with Crippen molar-refractivity contribution in [3.05, 3.63) is 46.2 Å². The topological polar surface area (TPSA) is 38.0 Å². The van der Waals surface area contributed by atoms with Gasteiger partial charge in [-0.05, 0) is 36.1 Å². The van der Waals surface area contributed by atoms with Crippen LogP contribution >= 0.6 is 11.3 Å². The highest BCUT2D eigenvalue weighted by molar-refractivity contribution is 7.10. The zero-order chi connectivity index (χ0) is 15.5. The van der Waals surface area contributed by atoms with Crippen molar-refractivity contribution in [3.63, 3.8) is 0 Å². The van der Waals surface area contributed by atoms with Gasteiger partial charge in [0.25, 0.3) is 0 Å². The predicted molar refractivity (Wildman–Crippen MR) is 81.4 cm³/mol. The fraction of sp³-hybridized carbons (Fsp3) is 0.333. The molecule has 0 saturated carbocycles. The Labute approximate surface area is 125 Å². The summed E-state index contributed by atoms with van der Waals surface area (Å²) in [7, 11) is 0. The van der Waals surface area contributed by atoms with Crippen molar-refractivity contribution in [2.24, 2.45) is 0 Å². The molecule has 0 bridgehead atoms.